The molecule has 1 aromatic rings. The first-order valence-electron chi connectivity index (χ1n) is 10.9. The van der Waals surface area contributed by atoms with Gasteiger partial charge in [0.2, 0.25) is 0 Å². The zero-order valence-electron chi connectivity index (χ0n) is 17.6. The fourth-order valence-corrected chi connectivity index (χ4v) is 4.73. The van der Waals surface area contributed by atoms with Crippen molar-refractivity contribution in [2.75, 3.05) is 19.7 Å². The molecule has 1 aliphatic carbocycles. The smallest absolute Gasteiger partial charge is 0.318 e. The van der Waals surface area contributed by atoms with Crippen LogP contribution in [0.1, 0.15) is 69.8 Å². The third-order valence-electron chi connectivity index (χ3n) is 6.35. The van der Waals surface area contributed by atoms with Gasteiger partial charge in [-0.15, -0.1) is 0 Å². The van der Waals surface area contributed by atoms with Crippen molar-refractivity contribution < 1.29 is 14.3 Å². The van der Waals surface area contributed by atoms with Crippen molar-refractivity contribution in [1.29, 1.82) is 0 Å². The summed E-state index contributed by atoms with van der Waals surface area (Å²) in [6, 6.07) is 4.54. The third-order valence-corrected chi connectivity index (χ3v) is 6.35. The molecule has 1 fully saturated rings. The highest BCUT2D eigenvalue weighted by molar-refractivity contribution is 5.75. The summed E-state index contributed by atoms with van der Waals surface area (Å²) in [4.78, 5) is 26.8. The summed E-state index contributed by atoms with van der Waals surface area (Å²) in [7, 11) is 0. The van der Waals surface area contributed by atoms with Crippen LogP contribution in [0.4, 0.5) is 4.79 Å². The molecular weight excluding hydrogens is 354 g/mol. The molecule has 0 bridgehead atoms. The maximum Gasteiger partial charge on any atom is 0.318 e. The van der Waals surface area contributed by atoms with Crippen molar-refractivity contribution in [2.24, 2.45) is 11.8 Å². The van der Waals surface area contributed by atoms with Gasteiger partial charge in [0.05, 0.1) is 18.6 Å². The molecule has 28 heavy (non-hydrogen) atoms. The van der Waals surface area contributed by atoms with E-state index in [9.17, 15) is 9.59 Å². The molecule has 0 saturated heterocycles. The van der Waals surface area contributed by atoms with Crippen LogP contribution in [0.5, 0.6) is 0 Å². The van der Waals surface area contributed by atoms with Gasteiger partial charge >= 0.3 is 12.0 Å². The molecule has 1 atom stereocenters. The number of esters is 1. The number of hydrogen-bond donors (Lipinski definition) is 1. The number of carbonyl (C=O) groups excluding carboxylic acids is 2. The maximum absolute atomic E-state index is 12.9. The van der Waals surface area contributed by atoms with Crippen molar-refractivity contribution in [3.05, 3.63) is 23.5 Å². The van der Waals surface area contributed by atoms with E-state index in [2.05, 4.69) is 35.9 Å². The summed E-state index contributed by atoms with van der Waals surface area (Å²) in [5.41, 5.74) is 2.53. The van der Waals surface area contributed by atoms with Crippen LogP contribution in [0, 0.1) is 18.8 Å². The second kappa shape index (κ2) is 9.48. The molecule has 1 aromatic heterocycles. The summed E-state index contributed by atoms with van der Waals surface area (Å²) in [6.45, 7) is 8.93. The van der Waals surface area contributed by atoms with E-state index in [4.69, 9.17) is 4.74 Å². The molecule has 2 amide bonds. The van der Waals surface area contributed by atoms with Gasteiger partial charge in [0.1, 0.15) is 0 Å². The molecule has 0 spiro atoms. The Balaban J connectivity index is 1.52. The van der Waals surface area contributed by atoms with Crippen LogP contribution < -0.4 is 5.32 Å². The number of fused-ring (bicyclic) bond motifs is 1. The number of ether oxygens (including phenoxy) is 1. The van der Waals surface area contributed by atoms with Crippen LogP contribution in [-0.2, 0) is 16.1 Å². The number of nitrogens with one attached hydrogen (secondary N) is 1. The van der Waals surface area contributed by atoms with Gasteiger partial charge in [-0.25, -0.2) is 4.79 Å². The lowest BCUT2D eigenvalue weighted by Gasteiger charge is -2.38. The number of rotatable bonds is 6. The van der Waals surface area contributed by atoms with Gasteiger partial charge in [0.15, 0.2) is 0 Å². The second-order valence-electron chi connectivity index (χ2n) is 8.20. The van der Waals surface area contributed by atoms with Gasteiger partial charge in [-0.1, -0.05) is 13.3 Å². The minimum Gasteiger partial charge on any atom is -0.466 e. The fourth-order valence-electron chi connectivity index (χ4n) is 4.73. The average Bonchev–Trinajstić information content (AvgIpc) is 3.08. The highest BCUT2D eigenvalue weighted by atomic mass is 16.5. The molecule has 0 radical (unpaired) electrons. The summed E-state index contributed by atoms with van der Waals surface area (Å²) in [6.07, 6.45) is 5.73. The quantitative estimate of drug-likeness (QED) is 0.747. The van der Waals surface area contributed by atoms with Gasteiger partial charge in [0, 0.05) is 31.0 Å². The number of urea groups is 1. The van der Waals surface area contributed by atoms with Crippen molar-refractivity contribution in [3.8, 4) is 0 Å². The summed E-state index contributed by atoms with van der Waals surface area (Å²) >= 11 is 0. The molecule has 2 heterocycles. The first-order valence-corrected chi connectivity index (χ1v) is 10.9. The number of aromatic nitrogens is 1. The second-order valence-corrected chi connectivity index (χ2v) is 8.20. The predicted octanol–water partition coefficient (Wildman–Crippen LogP) is 4.03. The first-order chi connectivity index (χ1) is 13.5. The van der Waals surface area contributed by atoms with E-state index in [0.717, 1.165) is 51.6 Å². The number of carbonyl (C=O) groups is 2. The van der Waals surface area contributed by atoms with E-state index >= 15 is 0 Å². The van der Waals surface area contributed by atoms with Crippen molar-refractivity contribution in [1.82, 2.24) is 14.8 Å². The van der Waals surface area contributed by atoms with E-state index in [1.165, 1.54) is 11.4 Å². The normalized spacial score (nSPS) is 24.5. The molecule has 3 rings (SSSR count). The fraction of sp³-hybridized carbons (Fsp3) is 0.727. The van der Waals surface area contributed by atoms with Crippen molar-refractivity contribution in [3.63, 3.8) is 0 Å². The Bertz CT molecular complexity index is 677. The van der Waals surface area contributed by atoms with Gasteiger partial charge in [0.25, 0.3) is 0 Å². The Labute approximate surface area is 168 Å². The molecule has 156 valence electrons. The minimum atomic E-state index is -0.0565. The largest absolute Gasteiger partial charge is 0.466 e. The monoisotopic (exact) mass is 389 g/mol. The maximum atomic E-state index is 12.9. The lowest BCUT2D eigenvalue weighted by atomic mass is 9.82. The van der Waals surface area contributed by atoms with E-state index < -0.39 is 0 Å². The van der Waals surface area contributed by atoms with Gasteiger partial charge in [-0.2, -0.15) is 0 Å². The molecule has 1 N–H and O–H groups in total. The Morgan fingerprint density at radius 3 is 2.57 bits per heavy atom. The molecule has 0 aromatic carbocycles. The first kappa shape index (κ1) is 20.7. The molecule has 1 saturated carbocycles. The number of amides is 2. The van der Waals surface area contributed by atoms with Crippen LogP contribution in [0.2, 0.25) is 0 Å². The van der Waals surface area contributed by atoms with Crippen molar-refractivity contribution >= 4 is 12.0 Å². The summed E-state index contributed by atoms with van der Waals surface area (Å²) in [5.74, 6) is 0.438. The van der Waals surface area contributed by atoms with Crippen LogP contribution >= 0.6 is 0 Å². The zero-order chi connectivity index (χ0) is 20.1. The van der Waals surface area contributed by atoms with Crippen LogP contribution in [-0.4, -0.2) is 41.2 Å². The van der Waals surface area contributed by atoms with Crippen molar-refractivity contribution in [2.45, 2.75) is 71.9 Å². The van der Waals surface area contributed by atoms with Gasteiger partial charge in [-0.05, 0) is 64.0 Å². The lowest BCUT2D eigenvalue weighted by Crippen LogP contribution is -2.48. The highest BCUT2D eigenvalue weighted by Crippen LogP contribution is 2.32. The number of aryl methyl sites for hydroxylation is 1. The Hall–Kier alpha value is -1.98. The molecule has 1 unspecified atom stereocenters. The van der Waals surface area contributed by atoms with Crippen LogP contribution in [0.3, 0.4) is 0 Å². The number of nitrogens with zero attached hydrogens (tertiary/aromatic N) is 2. The van der Waals surface area contributed by atoms with E-state index in [-0.39, 0.29) is 24.0 Å². The van der Waals surface area contributed by atoms with Gasteiger partial charge < -0.3 is 19.5 Å². The Kier molecular flexibility index (Phi) is 7.03. The predicted molar refractivity (Wildman–Crippen MR) is 109 cm³/mol. The van der Waals surface area contributed by atoms with E-state index in [0.29, 0.717) is 19.1 Å². The van der Waals surface area contributed by atoms with E-state index in [1.54, 1.807) is 0 Å². The molecule has 6 nitrogen and oxygen atoms in total. The highest BCUT2D eigenvalue weighted by Gasteiger charge is 2.32. The minimum absolute atomic E-state index is 0.0407. The molecular formula is C22H35N3O3. The summed E-state index contributed by atoms with van der Waals surface area (Å²) < 4.78 is 7.49. The van der Waals surface area contributed by atoms with Gasteiger partial charge in [-0.3, -0.25) is 4.79 Å². The SMILES string of the molecule is CCCC1c2ccc(C)n2CCN1C(=O)NCC1CCC(C(=O)OCC)CC1. The van der Waals surface area contributed by atoms with E-state index in [1.807, 2.05) is 11.8 Å². The van der Waals surface area contributed by atoms with Crippen LogP contribution in [0.25, 0.3) is 0 Å². The number of hydrogen-bond acceptors (Lipinski definition) is 3. The van der Waals surface area contributed by atoms with Crippen LogP contribution in [0.15, 0.2) is 12.1 Å². The molecule has 1 aliphatic heterocycles. The third kappa shape index (κ3) is 4.53. The molecule has 2 aliphatic rings. The lowest BCUT2D eigenvalue weighted by molar-refractivity contribution is -0.149. The molecule has 6 heteroatoms. The summed E-state index contributed by atoms with van der Waals surface area (Å²) in [5, 5.41) is 3.18. The standard InChI is InChI=1S/C22H35N3O3/c1-4-6-19-20-12-7-16(3)24(20)13-14-25(19)22(27)23-15-17-8-10-18(11-9-17)21(26)28-5-2/h7,12,17-19H,4-6,8-11,13-15H2,1-3H3,(H,23,27). The average molecular weight is 390 g/mol. The zero-order valence-corrected chi connectivity index (χ0v) is 17.6. The Morgan fingerprint density at radius 2 is 1.89 bits per heavy atom. The topological polar surface area (TPSA) is 63.6 Å². The Morgan fingerprint density at radius 1 is 1.14 bits per heavy atom.